The zero-order valence-electron chi connectivity index (χ0n) is 12.4. The molecule has 1 aliphatic carbocycles. The van der Waals surface area contributed by atoms with E-state index in [1.807, 2.05) is 21.0 Å². The third kappa shape index (κ3) is 29.5. The molecule has 1 rings (SSSR count). The van der Waals surface area contributed by atoms with Gasteiger partial charge in [-0.2, -0.15) is 0 Å². The van der Waals surface area contributed by atoms with Crippen LogP contribution in [0.4, 0.5) is 0 Å². The molecule has 0 heterocycles. The fourth-order valence-electron chi connectivity index (χ4n) is 1.30. The molecule has 0 aromatic rings. The highest BCUT2D eigenvalue weighted by Crippen LogP contribution is 2.18. The number of hydrogen-bond donors (Lipinski definition) is 2. The minimum atomic E-state index is -0.125. The molecule has 0 bridgehead atoms. The first-order valence-electron chi connectivity index (χ1n) is 6.56. The molecule has 1 aliphatic rings. The third-order valence-corrected chi connectivity index (χ3v) is 1.99. The number of aliphatic hydroxyl groups excluding tert-OH is 2. The van der Waals surface area contributed by atoms with E-state index < -0.39 is 0 Å². The van der Waals surface area contributed by atoms with Crippen molar-refractivity contribution in [3.05, 3.63) is 25.3 Å². The molecule has 1 fully saturated rings. The van der Waals surface area contributed by atoms with E-state index in [0.29, 0.717) is 6.10 Å². The average molecular weight is 260 g/mol. The Hall–Kier alpha value is -0.640. The second-order valence-corrected chi connectivity index (χ2v) is 3.76. The minimum absolute atomic E-state index is 0.125. The summed E-state index contributed by atoms with van der Waals surface area (Å²) in [6.45, 7) is 10.2. The number of ether oxygens (including phenoxy) is 1. The van der Waals surface area contributed by atoms with Crippen molar-refractivity contribution < 1.29 is 14.9 Å². The molecule has 0 atom stereocenters. The van der Waals surface area contributed by atoms with E-state index >= 15 is 0 Å². The van der Waals surface area contributed by atoms with Gasteiger partial charge < -0.3 is 14.9 Å². The molecule has 110 valence electrons. The Bertz CT molecular complexity index is 133. The van der Waals surface area contributed by atoms with Crippen molar-refractivity contribution in [3.63, 3.8) is 0 Å². The van der Waals surface area contributed by atoms with Gasteiger partial charge in [0.25, 0.3) is 0 Å². The maximum absolute atomic E-state index is 7.62. The van der Waals surface area contributed by atoms with Gasteiger partial charge in [0.15, 0.2) is 0 Å². The lowest BCUT2D eigenvalue weighted by Crippen LogP contribution is -2.13. The van der Waals surface area contributed by atoms with Gasteiger partial charge in [-0.15, -0.1) is 13.2 Å². The normalized spacial score (nSPS) is 13.6. The van der Waals surface area contributed by atoms with Crippen molar-refractivity contribution in [3.8, 4) is 0 Å². The molecule has 0 unspecified atom stereocenters. The summed E-state index contributed by atoms with van der Waals surface area (Å²) in [4.78, 5) is 0. The van der Waals surface area contributed by atoms with Gasteiger partial charge in [-0.3, -0.25) is 0 Å². The second-order valence-electron chi connectivity index (χ2n) is 3.76. The molecule has 0 aromatic carbocycles. The minimum Gasteiger partial charge on any atom is -0.394 e. The summed E-state index contributed by atoms with van der Waals surface area (Å²) in [5.74, 6) is 0. The standard InChI is InChI=1S/C7H14O.2C3H6.C2H6O2/c1-8-7-5-3-2-4-6-7;2*1-3-2;3-1-2-4/h7H,2-6H2,1H3;2*3H,1H2,2H3;3-4H,1-2H2. The van der Waals surface area contributed by atoms with Crippen LogP contribution in [0.25, 0.3) is 0 Å². The first-order chi connectivity index (χ1) is 8.67. The lowest BCUT2D eigenvalue weighted by Gasteiger charge is -2.19. The summed E-state index contributed by atoms with van der Waals surface area (Å²) in [6.07, 6.45) is 10.8. The van der Waals surface area contributed by atoms with Crippen LogP contribution < -0.4 is 0 Å². The Morgan fingerprint density at radius 2 is 1.33 bits per heavy atom. The summed E-state index contributed by atoms with van der Waals surface area (Å²) in [5.41, 5.74) is 0. The van der Waals surface area contributed by atoms with Crippen LogP contribution in [0.1, 0.15) is 46.0 Å². The van der Waals surface area contributed by atoms with Gasteiger partial charge in [-0.05, 0) is 26.7 Å². The summed E-state index contributed by atoms with van der Waals surface area (Å²) in [5, 5.41) is 15.2. The number of rotatable bonds is 2. The van der Waals surface area contributed by atoms with Crippen LogP contribution in [-0.2, 0) is 4.74 Å². The molecule has 0 aromatic heterocycles. The summed E-state index contributed by atoms with van der Waals surface area (Å²) < 4.78 is 5.19. The maximum atomic E-state index is 7.62. The number of methoxy groups -OCH3 is 1. The van der Waals surface area contributed by atoms with E-state index in [1.54, 1.807) is 12.2 Å². The fourth-order valence-corrected chi connectivity index (χ4v) is 1.30. The van der Waals surface area contributed by atoms with Crippen LogP contribution in [0.15, 0.2) is 25.3 Å². The molecule has 0 saturated heterocycles. The molecule has 0 amide bonds. The Morgan fingerprint density at radius 3 is 1.50 bits per heavy atom. The summed E-state index contributed by atoms with van der Waals surface area (Å²) >= 11 is 0. The highest BCUT2D eigenvalue weighted by atomic mass is 16.5. The monoisotopic (exact) mass is 260 g/mol. The Kier molecular flexibility index (Phi) is 31.6. The number of hydrogen-bond acceptors (Lipinski definition) is 3. The van der Waals surface area contributed by atoms with E-state index in [0.717, 1.165) is 0 Å². The molecule has 0 aliphatic heterocycles. The zero-order valence-corrected chi connectivity index (χ0v) is 12.4. The van der Waals surface area contributed by atoms with Crippen LogP contribution in [0.3, 0.4) is 0 Å². The quantitative estimate of drug-likeness (QED) is 0.749. The van der Waals surface area contributed by atoms with Gasteiger partial charge in [0, 0.05) is 7.11 Å². The molecule has 18 heavy (non-hydrogen) atoms. The predicted octanol–water partition coefficient (Wildman–Crippen LogP) is 3.32. The first-order valence-corrected chi connectivity index (χ1v) is 6.56. The second kappa shape index (κ2) is 25.3. The molecule has 0 radical (unpaired) electrons. The summed E-state index contributed by atoms with van der Waals surface area (Å²) in [7, 11) is 1.82. The van der Waals surface area contributed by atoms with E-state index in [-0.39, 0.29) is 13.2 Å². The van der Waals surface area contributed by atoms with Gasteiger partial charge >= 0.3 is 0 Å². The lowest BCUT2D eigenvalue weighted by atomic mass is 9.98. The van der Waals surface area contributed by atoms with Crippen molar-refractivity contribution in [1.82, 2.24) is 0 Å². The van der Waals surface area contributed by atoms with Gasteiger partial charge in [0.1, 0.15) is 0 Å². The number of allylic oxidation sites excluding steroid dienone is 2. The van der Waals surface area contributed by atoms with Crippen LogP contribution in [0.2, 0.25) is 0 Å². The molecule has 2 N–H and O–H groups in total. The Labute approximate surface area is 113 Å². The van der Waals surface area contributed by atoms with Crippen molar-refractivity contribution in [1.29, 1.82) is 0 Å². The first kappa shape index (κ1) is 22.5. The van der Waals surface area contributed by atoms with Crippen LogP contribution in [0.5, 0.6) is 0 Å². The SMILES string of the molecule is C=CC.C=CC.COC1CCCCC1.OCCO. The highest BCUT2D eigenvalue weighted by Gasteiger charge is 2.10. The van der Waals surface area contributed by atoms with Gasteiger partial charge in [0.05, 0.1) is 19.3 Å². The van der Waals surface area contributed by atoms with Gasteiger partial charge in [-0.1, -0.05) is 31.4 Å². The lowest BCUT2D eigenvalue weighted by molar-refractivity contribution is 0.0710. The number of aliphatic hydroxyl groups is 2. The van der Waals surface area contributed by atoms with Gasteiger partial charge in [-0.25, -0.2) is 0 Å². The Balaban J connectivity index is -0.000000192. The van der Waals surface area contributed by atoms with Crippen molar-refractivity contribution in [2.45, 2.75) is 52.1 Å². The van der Waals surface area contributed by atoms with Crippen molar-refractivity contribution >= 4 is 0 Å². The summed E-state index contributed by atoms with van der Waals surface area (Å²) in [6, 6.07) is 0. The topological polar surface area (TPSA) is 49.7 Å². The molecule has 3 nitrogen and oxygen atoms in total. The average Bonchev–Trinajstić information content (AvgIpc) is 2.42. The molecular formula is C15H32O3. The zero-order chi connectivity index (χ0) is 14.6. The van der Waals surface area contributed by atoms with Crippen molar-refractivity contribution in [2.24, 2.45) is 0 Å². The molecule has 0 spiro atoms. The van der Waals surface area contributed by atoms with E-state index in [1.165, 1.54) is 32.1 Å². The Morgan fingerprint density at radius 1 is 1.00 bits per heavy atom. The molecule has 3 heteroatoms. The van der Waals surface area contributed by atoms with Crippen LogP contribution in [0, 0.1) is 0 Å². The molecular weight excluding hydrogens is 228 g/mol. The van der Waals surface area contributed by atoms with Crippen LogP contribution in [-0.4, -0.2) is 36.6 Å². The smallest absolute Gasteiger partial charge is 0.0662 e. The van der Waals surface area contributed by atoms with E-state index in [4.69, 9.17) is 14.9 Å². The largest absolute Gasteiger partial charge is 0.394 e. The third-order valence-electron chi connectivity index (χ3n) is 1.99. The highest BCUT2D eigenvalue weighted by molar-refractivity contribution is 4.63. The maximum Gasteiger partial charge on any atom is 0.0662 e. The van der Waals surface area contributed by atoms with E-state index in [2.05, 4.69) is 13.2 Å². The van der Waals surface area contributed by atoms with Crippen LogP contribution >= 0.6 is 0 Å². The molecule has 1 saturated carbocycles. The van der Waals surface area contributed by atoms with Gasteiger partial charge in [0.2, 0.25) is 0 Å². The van der Waals surface area contributed by atoms with Crippen molar-refractivity contribution in [2.75, 3.05) is 20.3 Å². The fraction of sp³-hybridized carbons (Fsp3) is 0.733. The predicted molar refractivity (Wildman–Crippen MR) is 79.8 cm³/mol. The van der Waals surface area contributed by atoms with E-state index in [9.17, 15) is 0 Å².